The molecule has 146 valence electrons. The van der Waals surface area contributed by atoms with Crippen LogP contribution in [0, 0.1) is 0 Å². The zero-order valence-electron chi connectivity index (χ0n) is 14.8. The minimum Gasteiger partial charge on any atom is -0.326 e. The number of alkyl halides is 3. The van der Waals surface area contributed by atoms with Crippen LogP contribution in [0.5, 0.6) is 0 Å². The van der Waals surface area contributed by atoms with Crippen LogP contribution in [0.1, 0.15) is 11.1 Å². The Balaban J connectivity index is 1.68. The van der Waals surface area contributed by atoms with E-state index >= 15 is 0 Å². The van der Waals surface area contributed by atoms with E-state index in [-0.39, 0.29) is 5.65 Å². The van der Waals surface area contributed by atoms with Gasteiger partial charge in [-0.3, -0.25) is 0 Å². The smallest absolute Gasteiger partial charge is 0.326 e. The van der Waals surface area contributed by atoms with Crippen LogP contribution in [-0.4, -0.2) is 31.6 Å². The van der Waals surface area contributed by atoms with Gasteiger partial charge in [0, 0.05) is 29.5 Å². The Morgan fingerprint density at radius 2 is 1.83 bits per heavy atom. The largest absolute Gasteiger partial charge is 0.493 e. The molecule has 0 atom stereocenters. The van der Waals surface area contributed by atoms with Gasteiger partial charge in [-0.1, -0.05) is 36.9 Å². The Hall–Kier alpha value is -3.88. The summed E-state index contributed by atoms with van der Waals surface area (Å²) in [6.45, 7) is 4.09. The lowest BCUT2D eigenvalue weighted by molar-refractivity contribution is -0.199. The molecule has 0 aliphatic carbocycles. The van der Waals surface area contributed by atoms with Gasteiger partial charge in [-0.2, -0.15) is 23.0 Å². The minimum absolute atomic E-state index is 0.0547. The van der Waals surface area contributed by atoms with Gasteiger partial charge in [0.05, 0.1) is 11.9 Å². The third-order valence-corrected chi connectivity index (χ3v) is 4.24. The summed E-state index contributed by atoms with van der Waals surface area (Å²) in [6, 6.07) is 12.7. The van der Waals surface area contributed by atoms with Crippen molar-refractivity contribution in [2.45, 2.75) is 6.18 Å². The van der Waals surface area contributed by atoms with Gasteiger partial charge in [0.2, 0.25) is 0 Å². The molecule has 0 aliphatic heterocycles. The molecule has 9 heteroatoms. The van der Waals surface area contributed by atoms with Crippen molar-refractivity contribution in [2.75, 3.05) is 0 Å². The zero-order chi connectivity index (χ0) is 20.6. The molecule has 1 aromatic carbocycles. The first-order valence-corrected chi connectivity index (χ1v) is 8.40. The van der Waals surface area contributed by atoms with Gasteiger partial charge in [0.15, 0.2) is 5.65 Å². The van der Waals surface area contributed by atoms with Crippen molar-refractivity contribution in [3.05, 3.63) is 85.0 Å². The van der Waals surface area contributed by atoms with Crippen LogP contribution < -0.4 is 4.84 Å². The van der Waals surface area contributed by atoms with E-state index in [9.17, 15) is 18.0 Å². The molecule has 0 saturated carbocycles. The summed E-state index contributed by atoms with van der Waals surface area (Å²) in [7, 11) is 0. The van der Waals surface area contributed by atoms with Crippen LogP contribution in [0.3, 0.4) is 0 Å². The van der Waals surface area contributed by atoms with Crippen molar-refractivity contribution in [3.63, 3.8) is 0 Å². The third kappa shape index (κ3) is 3.49. The molecule has 4 rings (SSSR count). The highest BCUT2D eigenvalue weighted by molar-refractivity contribution is 5.86. The molecule has 3 heterocycles. The molecule has 0 amide bonds. The van der Waals surface area contributed by atoms with Crippen molar-refractivity contribution in [2.24, 2.45) is 0 Å². The van der Waals surface area contributed by atoms with Crippen molar-refractivity contribution in [1.29, 1.82) is 0 Å². The topological polar surface area (TPSA) is 61.9 Å². The lowest BCUT2D eigenvalue weighted by atomic mass is 10.0. The van der Waals surface area contributed by atoms with Crippen molar-refractivity contribution >= 4 is 22.6 Å². The fourth-order valence-corrected chi connectivity index (χ4v) is 2.83. The molecular formula is C20H13F3N4O2. The molecule has 3 aromatic heterocycles. The molecule has 0 radical (unpaired) electrons. The average Bonchev–Trinajstić information content (AvgIpc) is 3.35. The molecule has 0 saturated heterocycles. The first-order chi connectivity index (χ1) is 13.8. The van der Waals surface area contributed by atoms with Gasteiger partial charge in [-0.05, 0) is 23.3 Å². The summed E-state index contributed by atoms with van der Waals surface area (Å²) >= 11 is 0. The molecular weight excluding hydrogens is 385 g/mol. The van der Waals surface area contributed by atoms with Gasteiger partial charge in [0.1, 0.15) is 0 Å². The Morgan fingerprint density at radius 3 is 2.55 bits per heavy atom. The number of carbonyl (C=O) groups is 1. The predicted molar refractivity (Wildman–Crippen MR) is 99.1 cm³/mol. The molecule has 6 nitrogen and oxygen atoms in total. The van der Waals surface area contributed by atoms with Gasteiger partial charge in [-0.15, -0.1) is 0 Å². The molecule has 0 fully saturated rings. The van der Waals surface area contributed by atoms with Gasteiger partial charge >= 0.3 is 12.1 Å². The molecule has 0 N–H and O–H groups in total. The molecule has 0 spiro atoms. The number of hydrogen-bond acceptors (Lipinski definition) is 4. The van der Waals surface area contributed by atoms with E-state index in [1.54, 1.807) is 23.1 Å². The van der Waals surface area contributed by atoms with E-state index < -0.39 is 12.1 Å². The number of fused-ring (bicyclic) bond motifs is 1. The summed E-state index contributed by atoms with van der Waals surface area (Å²) in [4.78, 5) is 19.5. The summed E-state index contributed by atoms with van der Waals surface area (Å²) in [5, 5.41) is 4.78. The summed E-state index contributed by atoms with van der Waals surface area (Å²) in [6.07, 6.45) is 0.870. The number of benzene rings is 1. The number of carbonyl (C=O) groups excluding carboxylic acids is 1. The summed E-state index contributed by atoms with van der Waals surface area (Å²) < 4.78 is 39.7. The number of halogens is 3. The van der Waals surface area contributed by atoms with E-state index in [0.717, 1.165) is 16.7 Å². The molecule has 0 unspecified atom stereocenters. The second kappa shape index (κ2) is 6.93. The molecule has 0 bridgehead atoms. The SMILES string of the molecule is C=C(c1ccccc1)c1cnn(-c2ccnc3c2ccn3OC(=O)C(F)(F)F)c1. The lowest BCUT2D eigenvalue weighted by Crippen LogP contribution is -2.33. The van der Waals surface area contributed by atoms with E-state index in [1.165, 1.54) is 18.5 Å². The Morgan fingerprint density at radius 1 is 1.07 bits per heavy atom. The highest BCUT2D eigenvalue weighted by Gasteiger charge is 2.42. The third-order valence-electron chi connectivity index (χ3n) is 4.24. The quantitative estimate of drug-likeness (QED) is 0.525. The second-order valence-corrected chi connectivity index (χ2v) is 6.10. The molecule has 0 aliphatic rings. The first-order valence-electron chi connectivity index (χ1n) is 8.40. The van der Waals surface area contributed by atoms with E-state index in [4.69, 9.17) is 0 Å². The monoisotopic (exact) mass is 398 g/mol. The Labute approximate surface area is 162 Å². The average molecular weight is 398 g/mol. The van der Waals surface area contributed by atoms with Crippen LogP contribution in [0.25, 0.3) is 22.3 Å². The lowest BCUT2D eigenvalue weighted by Gasteiger charge is -2.08. The fraction of sp³-hybridized carbons (Fsp3) is 0.0500. The zero-order valence-corrected chi connectivity index (χ0v) is 14.8. The van der Waals surface area contributed by atoms with E-state index in [1.807, 2.05) is 30.3 Å². The van der Waals surface area contributed by atoms with Gasteiger partial charge in [0.25, 0.3) is 0 Å². The number of hydrogen-bond donors (Lipinski definition) is 0. The summed E-state index contributed by atoms with van der Waals surface area (Å²) in [5.74, 6) is -2.33. The van der Waals surface area contributed by atoms with Crippen LogP contribution in [0.15, 0.2) is 73.8 Å². The van der Waals surface area contributed by atoms with Gasteiger partial charge < -0.3 is 4.84 Å². The second-order valence-electron chi connectivity index (χ2n) is 6.10. The minimum atomic E-state index is -5.11. The van der Waals surface area contributed by atoms with Crippen molar-refractivity contribution in [1.82, 2.24) is 19.5 Å². The number of aromatic nitrogens is 4. The van der Waals surface area contributed by atoms with Crippen molar-refractivity contribution in [3.8, 4) is 5.69 Å². The van der Waals surface area contributed by atoms with Crippen molar-refractivity contribution < 1.29 is 22.8 Å². The number of rotatable bonds is 4. The first kappa shape index (κ1) is 18.5. The molecule has 29 heavy (non-hydrogen) atoms. The van der Waals surface area contributed by atoms with Crippen LogP contribution in [0.4, 0.5) is 13.2 Å². The van der Waals surface area contributed by atoms with Crippen LogP contribution in [0.2, 0.25) is 0 Å². The van der Waals surface area contributed by atoms with E-state index in [2.05, 4.69) is 21.5 Å². The van der Waals surface area contributed by atoms with Crippen LogP contribution >= 0.6 is 0 Å². The standard InChI is InChI=1S/C20H13F3N4O2/c1-13(14-5-3-2-4-6-14)15-11-25-26(12-15)17-7-9-24-18-16(17)8-10-27(18)29-19(28)20(21,22)23/h2-12H,1H2. The number of pyridine rings is 1. The Bertz CT molecular complexity index is 1210. The fourth-order valence-electron chi connectivity index (χ4n) is 2.83. The highest BCUT2D eigenvalue weighted by Crippen LogP contribution is 2.25. The predicted octanol–water partition coefficient (Wildman–Crippen LogP) is 3.80. The Kier molecular flexibility index (Phi) is 4.42. The summed E-state index contributed by atoms with van der Waals surface area (Å²) in [5.41, 5.74) is 3.11. The normalized spacial score (nSPS) is 11.6. The maximum absolute atomic E-state index is 12.5. The van der Waals surface area contributed by atoms with Crippen LogP contribution in [-0.2, 0) is 4.79 Å². The van der Waals surface area contributed by atoms with Gasteiger partial charge in [-0.25, -0.2) is 14.5 Å². The maximum atomic E-state index is 12.5. The highest BCUT2D eigenvalue weighted by atomic mass is 19.4. The number of nitrogens with zero attached hydrogens (tertiary/aromatic N) is 4. The van der Waals surface area contributed by atoms with E-state index in [0.29, 0.717) is 15.8 Å². The molecule has 4 aromatic rings. The maximum Gasteiger partial charge on any atom is 0.493 e.